The molecule has 0 aromatic carbocycles. The van der Waals surface area contributed by atoms with Gasteiger partial charge in [0.1, 0.15) is 0 Å². The molecule has 1 fully saturated rings. The summed E-state index contributed by atoms with van der Waals surface area (Å²) >= 11 is 5.07. The van der Waals surface area contributed by atoms with Crippen molar-refractivity contribution >= 4 is 23.1 Å². The number of rotatable bonds is 7. The molecule has 19 heavy (non-hydrogen) atoms. The maximum atomic E-state index is 12.3. The minimum Gasteiger partial charge on any atom is -0.392 e. The smallest absolute Gasteiger partial charge is 0.233 e. The molecular formula is C14H26N2O2S. The van der Waals surface area contributed by atoms with Crippen LogP contribution in [0.25, 0.3) is 0 Å². The van der Waals surface area contributed by atoms with Crippen molar-refractivity contribution in [2.75, 3.05) is 13.2 Å². The zero-order valence-corrected chi connectivity index (χ0v) is 12.9. The van der Waals surface area contributed by atoms with Crippen molar-refractivity contribution in [2.45, 2.75) is 58.5 Å². The van der Waals surface area contributed by atoms with E-state index in [9.17, 15) is 4.79 Å². The van der Waals surface area contributed by atoms with E-state index in [4.69, 9.17) is 22.7 Å². The van der Waals surface area contributed by atoms with Gasteiger partial charge in [-0.2, -0.15) is 0 Å². The van der Waals surface area contributed by atoms with Gasteiger partial charge in [0.05, 0.1) is 16.5 Å². The van der Waals surface area contributed by atoms with Gasteiger partial charge in [-0.3, -0.25) is 4.79 Å². The molecule has 0 radical (unpaired) electrons. The van der Waals surface area contributed by atoms with Crippen LogP contribution < -0.4 is 11.1 Å². The lowest BCUT2D eigenvalue weighted by molar-refractivity contribution is -0.128. The SMILES string of the molecule is CCC(CC)(C(=O)NCCC1CCCCO1)C(N)=S. The van der Waals surface area contributed by atoms with E-state index in [0.29, 0.717) is 24.4 Å². The monoisotopic (exact) mass is 286 g/mol. The maximum absolute atomic E-state index is 12.3. The van der Waals surface area contributed by atoms with Crippen LogP contribution in [0.1, 0.15) is 52.4 Å². The van der Waals surface area contributed by atoms with Crippen LogP contribution in [0.15, 0.2) is 0 Å². The topological polar surface area (TPSA) is 64.3 Å². The van der Waals surface area contributed by atoms with Gasteiger partial charge < -0.3 is 15.8 Å². The predicted molar refractivity (Wildman–Crippen MR) is 81.0 cm³/mol. The highest BCUT2D eigenvalue weighted by atomic mass is 32.1. The van der Waals surface area contributed by atoms with E-state index in [1.165, 1.54) is 6.42 Å². The first-order valence-electron chi connectivity index (χ1n) is 7.26. The lowest BCUT2D eigenvalue weighted by atomic mass is 9.81. The molecule has 110 valence electrons. The highest BCUT2D eigenvalue weighted by Crippen LogP contribution is 2.27. The molecule has 5 heteroatoms. The van der Waals surface area contributed by atoms with Gasteiger partial charge in [-0.25, -0.2) is 0 Å². The summed E-state index contributed by atoms with van der Waals surface area (Å²) in [4.78, 5) is 12.6. The first-order chi connectivity index (χ1) is 9.06. The summed E-state index contributed by atoms with van der Waals surface area (Å²) in [5.41, 5.74) is 5.06. The van der Waals surface area contributed by atoms with E-state index in [1.807, 2.05) is 13.8 Å². The van der Waals surface area contributed by atoms with Crippen molar-refractivity contribution in [2.24, 2.45) is 11.1 Å². The summed E-state index contributed by atoms with van der Waals surface area (Å²) in [5.74, 6) is -0.0409. The Morgan fingerprint density at radius 1 is 1.42 bits per heavy atom. The Kier molecular flexibility index (Phi) is 6.72. The molecule has 1 atom stereocenters. The number of carbonyl (C=O) groups is 1. The Morgan fingerprint density at radius 3 is 2.58 bits per heavy atom. The van der Waals surface area contributed by atoms with Gasteiger partial charge in [-0.1, -0.05) is 26.1 Å². The molecule has 1 unspecified atom stereocenters. The number of thiocarbonyl (C=S) groups is 1. The van der Waals surface area contributed by atoms with Crippen molar-refractivity contribution in [3.8, 4) is 0 Å². The van der Waals surface area contributed by atoms with Crippen molar-refractivity contribution in [1.82, 2.24) is 5.32 Å². The first-order valence-corrected chi connectivity index (χ1v) is 7.67. The van der Waals surface area contributed by atoms with Crippen LogP contribution in [-0.4, -0.2) is 30.2 Å². The second kappa shape index (κ2) is 7.80. The summed E-state index contributed by atoms with van der Waals surface area (Å²) < 4.78 is 5.64. The normalized spacial score (nSPS) is 20.0. The van der Waals surface area contributed by atoms with Crippen molar-refractivity contribution in [3.05, 3.63) is 0 Å². The molecule has 1 heterocycles. The molecule has 1 aliphatic rings. The van der Waals surface area contributed by atoms with Crippen LogP contribution in [-0.2, 0) is 9.53 Å². The Hall–Kier alpha value is -0.680. The van der Waals surface area contributed by atoms with E-state index < -0.39 is 5.41 Å². The van der Waals surface area contributed by atoms with E-state index in [1.54, 1.807) is 0 Å². The fourth-order valence-electron chi connectivity index (χ4n) is 2.58. The van der Waals surface area contributed by atoms with E-state index in [-0.39, 0.29) is 12.0 Å². The van der Waals surface area contributed by atoms with Crippen LogP contribution in [0.4, 0.5) is 0 Å². The third kappa shape index (κ3) is 4.14. The van der Waals surface area contributed by atoms with Gasteiger partial charge in [-0.15, -0.1) is 0 Å². The molecule has 1 aliphatic heterocycles. The molecule has 3 N–H and O–H groups in total. The third-order valence-electron chi connectivity index (χ3n) is 4.14. The summed E-state index contributed by atoms with van der Waals surface area (Å²) in [6.07, 6.45) is 5.91. The van der Waals surface area contributed by atoms with Crippen molar-refractivity contribution < 1.29 is 9.53 Å². The highest BCUT2D eigenvalue weighted by molar-refractivity contribution is 7.80. The molecule has 1 rings (SSSR count). The zero-order valence-electron chi connectivity index (χ0n) is 12.0. The lowest BCUT2D eigenvalue weighted by Gasteiger charge is -2.29. The summed E-state index contributed by atoms with van der Waals surface area (Å²) in [7, 11) is 0. The fraction of sp³-hybridized carbons (Fsp3) is 0.857. The van der Waals surface area contributed by atoms with Gasteiger partial charge in [0.2, 0.25) is 5.91 Å². The molecular weight excluding hydrogens is 260 g/mol. The maximum Gasteiger partial charge on any atom is 0.233 e. The minimum absolute atomic E-state index is 0.0409. The molecule has 0 spiro atoms. The molecule has 1 saturated heterocycles. The number of nitrogens with one attached hydrogen (secondary N) is 1. The second-order valence-corrected chi connectivity index (χ2v) is 5.63. The Balaban J connectivity index is 2.42. The molecule has 0 aliphatic carbocycles. The number of carbonyl (C=O) groups excluding carboxylic acids is 1. The number of hydrogen-bond donors (Lipinski definition) is 2. The molecule has 0 aromatic heterocycles. The largest absolute Gasteiger partial charge is 0.392 e. The quantitative estimate of drug-likeness (QED) is 0.704. The van der Waals surface area contributed by atoms with E-state index >= 15 is 0 Å². The summed E-state index contributed by atoms with van der Waals surface area (Å²) in [6, 6.07) is 0. The summed E-state index contributed by atoms with van der Waals surface area (Å²) in [5, 5.41) is 2.97. The van der Waals surface area contributed by atoms with Crippen molar-refractivity contribution in [3.63, 3.8) is 0 Å². The Labute approximate surface area is 121 Å². The minimum atomic E-state index is -0.692. The van der Waals surface area contributed by atoms with Crippen LogP contribution in [0, 0.1) is 5.41 Å². The number of nitrogens with two attached hydrogens (primary N) is 1. The van der Waals surface area contributed by atoms with Crippen LogP contribution in [0.2, 0.25) is 0 Å². The number of amides is 1. The molecule has 0 saturated carbocycles. The van der Waals surface area contributed by atoms with Gasteiger partial charge >= 0.3 is 0 Å². The first kappa shape index (κ1) is 16.4. The fourth-order valence-corrected chi connectivity index (χ4v) is 2.96. The molecule has 4 nitrogen and oxygen atoms in total. The van der Waals surface area contributed by atoms with Gasteiger partial charge in [0.15, 0.2) is 0 Å². The van der Waals surface area contributed by atoms with Gasteiger partial charge in [0, 0.05) is 13.2 Å². The highest BCUT2D eigenvalue weighted by Gasteiger charge is 2.37. The van der Waals surface area contributed by atoms with E-state index in [2.05, 4.69) is 5.32 Å². The van der Waals surface area contributed by atoms with Crippen LogP contribution >= 0.6 is 12.2 Å². The molecule has 0 bridgehead atoms. The number of hydrogen-bond acceptors (Lipinski definition) is 3. The van der Waals surface area contributed by atoms with E-state index in [0.717, 1.165) is 25.9 Å². The molecule has 1 amide bonds. The summed E-state index contributed by atoms with van der Waals surface area (Å²) in [6.45, 7) is 5.38. The third-order valence-corrected chi connectivity index (χ3v) is 4.53. The number of ether oxygens (including phenoxy) is 1. The predicted octanol–water partition coefficient (Wildman–Crippen LogP) is 2.15. The molecule has 0 aromatic rings. The Bertz CT molecular complexity index is 311. The zero-order chi connectivity index (χ0) is 14.3. The average Bonchev–Trinajstić information content (AvgIpc) is 2.41. The standard InChI is InChI=1S/C14H26N2O2S/c1-3-14(4-2,12(15)19)13(17)16-9-8-11-7-5-6-10-18-11/h11H,3-10H2,1-2H3,(H2,15,19)(H,16,17). The Morgan fingerprint density at radius 2 is 2.11 bits per heavy atom. The van der Waals surface area contributed by atoms with Crippen LogP contribution in [0.5, 0.6) is 0 Å². The lowest BCUT2D eigenvalue weighted by Crippen LogP contribution is -2.48. The van der Waals surface area contributed by atoms with Crippen molar-refractivity contribution in [1.29, 1.82) is 0 Å². The average molecular weight is 286 g/mol. The van der Waals surface area contributed by atoms with Gasteiger partial charge in [-0.05, 0) is 38.5 Å². The second-order valence-electron chi connectivity index (χ2n) is 5.19. The van der Waals surface area contributed by atoms with Crippen LogP contribution in [0.3, 0.4) is 0 Å². The van der Waals surface area contributed by atoms with Gasteiger partial charge in [0.25, 0.3) is 0 Å².